The maximum Gasteiger partial charge on any atom is 0.0902 e. The van der Waals surface area contributed by atoms with Crippen molar-refractivity contribution in [2.75, 3.05) is 0 Å². The predicted octanol–water partition coefficient (Wildman–Crippen LogP) is 3.39. The first-order valence-electron chi connectivity index (χ1n) is 4.91. The summed E-state index contributed by atoms with van der Waals surface area (Å²) in [5.41, 5.74) is 1.34. The Morgan fingerprint density at radius 3 is 2.23 bits per heavy atom. The summed E-state index contributed by atoms with van der Waals surface area (Å²) in [6.07, 6.45) is 1.34. The van der Waals surface area contributed by atoms with Crippen LogP contribution in [-0.4, -0.2) is 6.10 Å². The molecule has 0 aliphatic heterocycles. The molecule has 0 bridgehead atoms. The lowest BCUT2D eigenvalue weighted by molar-refractivity contribution is 0.0942. The van der Waals surface area contributed by atoms with Gasteiger partial charge in [0, 0.05) is 0 Å². The molecule has 1 nitrogen and oxygen atoms in total. The summed E-state index contributed by atoms with van der Waals surface area (Å²) in [4.78, 5) is 0. The molecular weight excluding hydrogens is 160 g/mol. The summed E-state index contributed by atoms with van der Waals surface area (Å²) in [6, 6.07) is 10.4. The highest BCUT2D eigenvalue weighted by Crippen LogP contribution is 2.20. The maximum absolute atomic E-state index is 10.9. The molecule has 1 radical (unpaired) electrons. The molecule has 0 aromatic heterocycles. The molecule has 0 saturated carbocycles. The molecule has 0 aliphatic carbocycles. The zero-order valence-electron chi connectivity index (χ0n) is 8.36. The van der Waals surface area contributed by atoms with Crippen molar-refractivity contribution in [2.45, 2.75) is 38.7 Å². The van der Waals surface area contributed by atoms with Crippen LogP contribution in [-0.2, 0) is 5.11 Å². The van der Waals surface area contributed by atoms with Gasteiger partial charge < -0.3 is 0 Å². The molecule has 0 N–H and O–H groups in total. The Morgan fingerprint density at radius 1 is 1.08 bits per heavy atom. The summed E-state index contributed by atoms with van der Waals surface area (Å²) >= 11 is 0. The summed E-state index contributed by atoms with van der Waals surface area (Å²) in [5, 5.41) is 10.9. The van der Waals surface area contributed by atoms with Crippen molar-refractivity contribution in [2.24, 2.45) is 0 Å². The Bertz CT molecular complexity index is 228. The van der Waals surface area contributed by atoms with E-state index in [2.05, 4.69) is 19.1 Å². The fourth-order valence-corrected chi connectivity index (χ4v) is 1.43. The Balaban J connectivity index is 2.44. The second kappa shape index (κ2) is 5.03. The maximum atomic E-state index is 10.9. The third-order valence-corrected chi connectivity index (χ3v) is 2.37. The van der Waals surface area contributed by atoms with Gasteiger partial charge in [0.2, 0.25) is 0 Å². The van der Waals surface area contributed by atoms with E-state index in [1.54, 1.807) is 6.92 Å². The highest BCUT2D eigenvalue weighted by Gasteiger charge is 2.06. The van der Waals surface area contributed by atoms with Crippen molar-refractivity contribution in [3.63, 3.8) is 0 Å². The third kappa shape index (κ3) is 3.60. The van der Waals surface area contributed by atoms with Crippen molar-refractivity contribution >= 4 is 0 Å². The van der Waals surface area contributed by atoms with E-state index in [4.69, 9.17) is 0 Å². The quantitative estimate of drug-likeness (QED) is 0.672. The molecular formula is C12H17O. The Labute approximate surface area is 80.4 Å². The predicted molar refractivity (Wildman–Crippen MR) is 54.2 cm³/mol. The molecule has 71 valence electrons. The van der Waals surface area contributed by atoms with Gasteiger partial charge in [-0.15, -0.1) is 0 Å². The fraction of sp³-hybridized carbons (Fsp3) is 0.500. The van der Waals surface area contributed by atoms with Crippen molar-refractivity contribution < 1.29 is 5.11 Å². The van der Waals surface area contributed by atoms with Crippen LogP contribution in [0, 0.1) is 0 Å². The van der Waals surface area contributed by atoms with Gasteiger partial charge in [-0.25, -0.2) is 5.11 Å². The van der Waals surface area contributed by atoms with Crippen LogP contribution in [0.5, 0.6) is 0 Å². The van der Waals surface area contributed by atoms with Crippen LogP contribution >= 0.6 is 0 Å². The van der Waals surface area contributed by atoms with Crippen LogP contribution in [0.3, 0.4) is 0 Å². The molecule has 1 aromatic rings. The van der Waals surface area contributed by atoms with Crippen LogP contribution in [0.4, 0.5) is 0 Å². The van der Waals surface area contributed by atoms with E-state index >= 15 is 0 Å². The normalized spacial score (nSPS) is 15.3. The topological polar surface area (TPSA) is 19.9 Å². The molecule has 0 heterocycles. The second-order valence-corrected chi connectivity index (χ2v) is 3.70. The van der Waals surface area contributed by atoms with E-state index in [1.807, 2.05) is 18.2 Å². The molecule has 1 aromatic carbocycles. The van der Waals surface area contributed by atoms with Crippen LogP contribution in [0.15, 0.2) is 30.3 Å². The molecule has 0 fully saturated rings. The molecule has 13 heavy (non-hydrogen) atoms. The third-order valence-electron chi connectivity index (χ3n) is 2.37. The van der Waals surface area contributed by atoms with Gasteiger partial charge in [0.25, 0.3) is 0 Å². The largest absolute Gasteiger partial charge is 0.233 e. The van der Waals surface area contributed by atoms with Crippen LogP contribution in [0.2, 0.25) is 0 Å². The minimum absolute atomic E-state index is 0.425. The Morgan fingerprint density at radius 2 is 1.69 bits per heavy atom. The molecule has 0 aliphatic rings. The summed E-state index contributed by atoms with van der Waals surface area (Å²) in [5.74, 6) is 0.512. The number of rotatable bonds is 4. The van der Waals surface area contributed by atoms with Gasteiger partial charge in [0.15, 0.2) is 0 Å². The molecule has 1 rings (SSSR count). The van der Waals surface area contributed by atoms with E-state index in [1.165, 1.54) is 5.56 Å². The highest BCUT2D eigenvalue weighted by molar-refractivity contribution is 5.18. The lowest BCUT2D eigenvalue weighted by Gasteiger charge is -2.11. The molecule has 0 spiro atoms. The number of benzene rings is 1. The van der Waals surface area contributed by atoms with Gasteiger partial charge in [-0.2, -0.15) is 0 Å². The van der Waals surface area contributed by atoms with Crippen LogP contribution < -0.4 is 0 Å². The fourth-order valence-electron chi connectivity index (χ4n) is 1.43. The lowest BCUT2D eigenvalue weighted by Crippen LogP contribution is -2.01. The molecule has 2 unspecified atom stereocenters. The zero-order valence-corrected chi connectivity index (χ0v) is 8.36. The van der Waals surface area contributed by atoms with E-state index in [-0.39, 0.29) is 0 Å². The van der Waals surface area contributed by atoms with E-state index in [9.17, 15) is 5.11 Å². The highest BCUT2D eigenvalue weighted by atomic mass is 16.3. The molecule has 0 amide bonds. The Kier molecular flexibility index (Phi) is 3.97. The first-order valence-corrected chi connectivity index (χ1v) is 4.91. The minimum Gasteiger partial charge on any atom is -0.233 e. The lowest BCUT2D eigenvalue weighted by atomic mass is 9.95. The smallest absolute Gasteiger partial charge is 0.0902 e. The van der Waals surface area contributed by atoms with Gasteiger partial charge in [-0.3, -0.25) is 0 Å². The van der Waals surface area contributed by atoms with Crippen molar-refractivity contribution in [1.82, 2.24) is 0 Å². The molecule has 1 heteroatoms. The molecule has 2 atom stereocenters. The van der Waals surface area contributed by atoms with Crippen LogP contribution in [0.1, 0.15) is 38.2 Å². The van der Waals surface area contributed by atoms with E-state index < -0.39 is 6.10 Å². The standard InChI is InChI=1S/C12H17O/c1-10(8-9-11(2)13)12-6-4-3-5-7-12/h3-7,10-11H,8-9H2,1-2H3. The Hall–Kier alpha value is -0.820. The van der Waals surface area contributed by atoms with Crippen molar-refractivity contribution in [3.8, 4) is 0 Å². The van der Waals surface area contributed by atoms with E-state index in [0.29, 0.717) is 5.92 Å². The van der Waals surface area contributed by atoms with Crippen molar-refractivity contribution in [1.29, 1.82) is 0 Å². The second-order valence-electron chi connectivity index (χ2n) is 3.70. The summed E-state index contributed by atoms with van der Waals surface area (Å²) in [7, 11) is 0. The van der Waals surface area contributed by atoms with Gasteiger partial charge in [-0.05, 0) is 31.2 Å². The minimum atomic E-state index is -0.425. The number of hydrogen-bond acceptors (Lipinski definition) is 0. The van der Waals surface area contributed by atoms with Gasteiger partial charge >= 0.3 is 0 Å². The van der Waals surface area contributed by atoms with E-state index in [0.717, 1.165) is 12.8 Å². The molecule has 0 saturated heterocycles. The first-order chi connectivity index (χ1) is 6.20. The SMILES string of the molecule is CC([O])CCC(C)c1ccccc1. The van der Waals surface area contributed by atoms with Gasteiger partial charge in [0.1, 0.15) is 0 Å². The average molecular weight is 177 g/mol. The van der Waals surface area contributed by atoms with Crippen molar-refractivity contribution in [3.05, 3.63) is 35.9 Å². The summed E-state index contributed by atoms with van der Waals surface area (Å²) < 4.78 is 0. The van der Waals surface area contributed by atoms with Gasteiger partial charge in [0.05, 0.1) is 6.10 Å². The zero-order chi connectivity index (χ0) is 9.68. The van der Waals surface area contributed by atoms with Gasteiger partial charge in [-0.1, -0.05) is 37.3 Å². The first kappa shape index (κ1) is 10.3. The summed E-state index contributed by atoms with van der Waals surface area (Å²) in [6.45, 7) is 3.91. The monoisotopic (exact) mass is 177 g/mol. The van der Waals surface area contributed by atoms with Crippen LogP contribution in [0.25, 0.3) is 0 Å². The average Bonchev–Trinajstić information content (AvgIpc) is 2.15. The number of hydrogen-bond donors (Lipinski definition) is 0.